The first-order chi connectivity index (χ1) is 6.94. The number of hydrogen-bond acceptors (Lipinski definition) is 5. The molecule has 0 aromatic heterocycles. The highest BCUT2D eigenvalue weighted by molar-refractivity contribution is 7.92. The van der Waals surface area contributed by atoms with Gasteiger partial charge in [-0.15, -0.1) is 0 Å². The van der Waals surface area contributed by atoms with Gasteiger partial charge in [-0.1, -0.05) is 0 Å². The van der Waals surface area contributed by atoms with Gasteiger partial charge in [-0.25, -0.2) is 8.42 Å². The molecule has 0 spiro atoms. The fourth-order valence-corrected chi connectivity index (χ4v) is 2.96. The second kappa shape index (κ2) is 4.49. The zero-order chi connectivity index (χ0) is 11.5. The lowest BCUT2D eigenvalue weighted by Gasteiger charge is -2.32. The summed E-state index contributed by atoms with van der Waals surface area (Å²) < 4.78 is 31.9. The monoisotopic (exact) mass is 236 g/mol. The van der Waals surface area contributed by atoms with Crippen molar-refractivity contribution >= 4 is 15.8 Å². The smallest absolute Gasteiger partial charge is 0.327 e. The molecule has 5 nitrogen and oxygen atoms in total. The van der Waals surface area contributed by atoms with E-state index in [1.807, 2.05) is 0 Å². The molecule has 0 saturated carbocycles. The van der Waals surface area contributed by atoms with Crippen LogP contribution in [-0.4, -0.2) is 45.2 Å². The van der Waals surface area contributed by atoms with Crippen LogP contribution >= 0.6 is 0 Å². The maximum Gasteiger partial charge on any atom is 0.327 e. The second-order valence-electron chi connectivity index (χ2n) is 3.60. The van der Waals surface area contributed by atoms with Crippen LogP contribution in [0.2, 0.25) is 0 Å². The normalized spacial score (nSPS) is 20.9. The summed E-state index contributed by atoms with van der Waals surface area (Å²) in [5.41, 5.74) is 0. The second-order valence-corrected chi connectivity index (χ2v) is 5.93. The molecule has 15 heavy (non-hydrogen) atoms. The summed E-state index contributed by atoms with van der Waals surface area (Å²) in [7, 11) is -3.46. The zero-order valence-corrected chi connectivity index (χ0v) is 9.80. The number of ether oxygens (including phenoxy) is 2. The van der Waals surface area contributed by atoms with Crippen molar-refractivity contribution in [3.8, 4) is 0 Å². The standard InChI is InChI=1S/C9H16O5S/c1-3-14-8(10)9(15(2,11)12)4-6-13-7-5-9/h3-7H2,1-2H3. The van der Waals surface area contributed by atoms with E-state index in [2.05, 4.69) is 0 Å². The van der Waals surface area contributed by atoms with E-state index in [1.54, 1.807) is 6.92 Å². The minimum atomic E-state index is -3.46. The average Bonchev–Trinajstić information content (AvgIpc) is 2.17. The van der Waals surface area contributed by atoms with E-state index in [9.17, 15) is 13.2 Å². The van der Waals surface area contributed by atoms with Crippen LogP contribution in [0.25, 0.3) is 0 Å². The number of esters is 1. The van der Waals surface area contributed by atoms with Gasteiger partial charge in [0.1, 0.15) is 0 Å². The highest BCUT2D eigenvalue weighted by Crippen LogP contribution is 2.30. The minimum Gasteiger partial charge on any atom is -0.465 e. The van der Waals surface area contributed by atoms with Gasteiger partial charge in [0.2, 0.25) is 0 Å². The van der Waals surface area contributed by atoms with E-state index in [0.717, 1.165) is 6.26 Å². The van der Waals surface area contributed by atoms with Crippen LogP contribution in [0.5, 0.6) is 0 Å². The summed E-state index contributed by atoms with van der Waals surface area (Å²) in [6.07, 6.45) is 1.45. The Hall–Kier alpha value is -0.620. The van der Waals surface area contributed by atoms with Crippen LogP contribution in [0.1, 0.15) is 19.8 Å². The summed E-state index contributed by atoms with van der Waals surface area (Å²) in [4.78, 5) is 11.7. The van der Waals surface area contributed by atoms with Crippen LogP contribution < -0.4 is 0 Å². The number of carbonyl (C=O) groups excluding carboxylic acids is 1. The Bertz CT molecular complexity index is 326. The molecule has 88 valence electrons. The fraction of sp³-hybridized carbons (Fsp3) is 0.889. The molecule has 0 amide bonds. The molecule has 0 aromatic carbocycles. The van der Waals surface area contributed by atoms with Crippen molar-refractivity contribution in [2.45, 2.75) is 24.5 Å². The van der Waals surface area contributed by atoms with Crippen molar-refractivity contribution in [2.24, 2.45) is 0 Å². The van der Waals surface area contributed by atoms with Crippen LogP contribution in [-0.2, 0) is 24.1 Å². The molecule has 1 aliphatic rings. The van der Waals surface area contributed by atoms with Crippen molar-refractivity contribution in [3.05, 3.63) is 0 Å². The molecule has 1 heterocycles. The Morgan fingerprint density at radius 2 is 1.93 bits per heavy atom. The third-order valence-corrected chi connectivity index (χ3v) is 4.65. The molecule has 1 saturated heterocycles. The van der Waals surface area contributed by atoms with Gasteiger partial charge in [0.05, 0.1) is 6.61 Å². The molecule has 0 radical (unpaired) electrons. The number of rotatable bonds is 3. The van der Waals surface area contributed by atoms with Gasteiger partial charge >= 0.3 is 5.97 Å². The van der Waals surface area contributed by atoms with E-state index in [0.29, 0.717) is 0 Å². The minimum absolute atomic E-state index is 0.185. The Morgan fingerprint density at radius 3 is 2.33 bits per heavy atom. The first-order valence-corrected chi connectivity index (χ1v) is 6.78. The molecule has 0 aromatic rings. The summed E-state index contributed by atoms with van der Waals surface area (Å²) in [5, 5.41) is 0. The maximum atomic E-state index is 11.7. The average molecular weight is 236 g/mol. The summed E-state index contributed by atoms with van der Waals surface area (Å²) in [6.45, 7) is 2.42. The summed E-state index contributed by atoms with van der Waals surface area (Å²) in [5.74, 6) is -0.643. The van der Waals surface area contributed by atoms with Crippen LogP contribution in [0.4, 0.5) is 0 Å². The van der Waals surface area contributed by atoms with Gasteiger partial charge < -0.3 is 9.47 Å². The van der Waals surface area contributed by atoms with Gasteiger partial charge in [0, 0.05) is 32.3 Å². The predicted octanol–water partition coefficient (Wildman–Crippen LogP) is 0.143. The van der Waals surface area contributed by atoms with Crippen LogP contribution in [0, 0.1) is 0 Å². The Morgan fingerprint density at radius 1 is 1.40 bits per heavy atom. The van der Waals surface area contributed by atoms with Crippen molar-refractivity contribution in [3.63, 3.8) is 0 Å². The number of carbonyl (C=O) groups is 1. The van der Waals surface area contributed by atoms with E-state index in [1.165, 1.54) is 0 Å². The summed E-state index contributed by atoms with van der Waals surface area (Å²) >= 11 is 0. The molecular formula is C9H16O5S. The number of hydrogen-bond donors (Lipinski definition) is 0. The molecule has 1 aliphatic heterocycles. The fourth-order valence-electron chi connectivity index (χ4n) is 1.69. The lowest BCUT2D eigenvalue weighted by molar-refractivity contribution is -0.149. The molecule has 0 atom stereocenters. The van der Waals surface area contributed by atoms with Crippen molar-refractivity contribution in [1.29, 1.82) is 0 Å². The van der Waals surface area contributed by atoms with Crippen molar-refractivity contribution in [1.82, 2.24) is 0 Å². The molecule has 1 fully saturated rings. The quantitative estimate of drug-likeness (QED) is 0.652. The lowest BCUT2D eigenvalue weighted by Crippen LogP contribution is -2.51. The Balaban J connectivity index is 3.01. The third kappa shape index (κ3) is 2.31. The van der Waals surface area contributed by atoms with Gasteiger partial charge in [-0.05, 0) is 6.92 Å². The lowest BCUT2D eigenvalue weighted by atomic mass is 9.99. The molecule has 0 N–H and O–H groups in total. The molecule has 0 unspecified atom stereocenters. The highest BCUT2D eigenvalue weighted by Gasteiger charge is 2.50. The van der Waals surface area contributed by atoms with E-state index >= 15 is 0 Å². The molecule has 0 aliphatic carbocycles. The molecule has 0 bridgehead atoms. The molecule has 1 rings (SSSR count). The third-order valence-electron chi connectivity index (χ3n) is 2.66. The van der Waals surface area contributed by atoms with Gasteiger partial charge in [-0.3, -0.25) is 4.79 Å². The highest BCUT2D eigenvalue weighted by atomic mass is 32.2. The topological polar surface area (TPSA) is 69.7 Å². The van der Waals surface area contributed by atoms with Gasteiger partial charge in [0.15, 0.2) is 14.6 Å². The van der Waals surface area contributed by atoms with Crippen LogP contribution in [0.3, 0.4) is 0 Å². The van der Waals surface area contributed by atoms with E-state index in [4.69, 9.17) is 9.47 Å². The van der Waals surface area contributed by atoms with Gasteiger partial charge in [-0.2, -0.15) is 0 Å². The van der Waals surface area contributed by atoms with E-state index < -0.39 is 20.6 Å². The predicted molar refractivity (Wildman–Crippen MR) is 54.3 cm³/mol. The van der Waals surface area contributed by atoms with Crippen LogP contribution in [0.15, 0.2) is 0 Å². The first-order valence-electron chi connectivity index (χ1n) is 4.88. The zero-order valence-electron chi connectivity index (χ0n) is 8.99. The van der Waals surface area contributed by atoms with Gasteiger partial charge in [0.25, 0.3) is 0 Å². The molecule has 6 heteroatoms. The summed E-state index contributed by atoms with van der Waals surface area (Å²) in [6, 6.07) is 0. The van der Waals surface area contributed by atoms with E-state index in [-0.39, 0.29) is 32.7 Å². The first kappa shape index (κ1) is 12.4. The Labute approximate surface area is 89.7 Å². The maximum absolute atomic E-state index is 11.7. The molecular weight excluding hydrogens is 220 g/mol. The number of sulfone groups is 1. The largest absolute Gasteiger partial charge is 0.465 e. The van der Waals surface area contributed by atoms with Crippen molar-refractivity contribution in [2.75, 3.05) is 26.1 Å². The Kier molecular flexibility index (Phi) is 3.72. The SMILES string of the molecule is CCOC(=O)C1(S(C)(=O)=O)CCOCC1. The van der Waals surface area contributed by atoms with Crippen molar-refractivity contribution < 1.29 is 22.7 Å².